The Balaban J connectivity index is 1.68. The number of carbonyl (C=O) groups is 1. The number of halogens is 1. The molecular formula is C18H20FN3O3S. The van der Waals surface area contributed by atoms with Gasteiger partial charge in [-0.25, -0.2) is 17.6 Å². The number of amides is 2. The van der Waals surface area contributed by atoms with Crippen LogP contribution in [0.3, 0.4) is 0 Å². The quantitative estimate of drug-likeness (QED) is 0.860. The molecule has 2 aromatic carbocycles. The van der Waals surface area contributed by atoms with E-state index in [0.717, 1.165) is 24.0 Å². The highest BCUT2D eigenvalue weighted by Gasteiger charge is 2.24. The Kier molecular flexibility index (Phi) is 5.13. The van der Waals surface area contributed by atoms with Gasteiger partial charge in [-0.3, -0.25) is 4.31 Å². The lowest BCUT2D eigenvalue weighted by atomic mass is 10.0. The summed E-state index contributed by atoms with van der Waals surface area (Å²) >= 11 is 0. The molecule has 26 heavy (non-hydrogen) atoms. The molecular weight excluding hydrogens is 357 g/mol. The van der Waals surface area contributed by atoms with Crippen LogP contribution in [-0.4, -0.2) is 27.2 Å². The van der Waals surface area contributed by atoms with Crippen LogP contribution in [0, 0.1) is 5.82 Å². The summed E-state index contributed by atoms with van der Waals surface area (Å²) < 4.78 is 38.2. The summed E-state index contributed by atoms with van der Waals surface area (Å²) in [6.45, 7) is 0.693. The molecule has 138 valence electrons. The van der Waals surface area contributed by atoms with Gasteiger partial charge >= 0.3 is 6.03 Å². The second kappa shape index (κ2) is 7.33. The van der Waals surface area contributed by atoms with Crippen molar-refractivity contribution in [1.29, 1.82) is 0 Å². The molecule has 1 aliphatic rings. The molecule has 0 saturated carbocycles. The van der Waals surface area contributed by atoms with E-state index in [0.29, 0.717) is 17.9 Å². The molecule has 0 spiro atoms. The highest BCUT2D eigenvalue weighted by atomic mass is 32.2. The number of rotatable bonds is 4. The minimum Gasteiger partial charge on any atom is -0.334 e. The van der Waals surface area contributed by atoms with Gasteiger partial charge in [0.2, 0.25) is 10.0 Å². The number of urea groups is 1. The maximum Gasteiger partial charge on any atom is 0.319 e. The van der Waals surface area contributed by atoms with E-state index in [1.165, 1.54) is 22.7 Å². The van der Waals surface area contributed by atoms with E-state index < -0.39 is 16.1 Å². The summed E-state index contributed by atoms with van der Waals surface area (Å²) in [6.07, 6.45) is 2.75. The standard InChI is InChI=1S/C18H20FN3O3S/c1-26(24,25)22-10-2-3-14-6-9-16(11-17(14)22)21-18(23)20-12-13-4-7-15(19)8-5-13/h4-9,11H,2-3,10,12H2,1H3,(H2,20,21,23). The van der Waals surface area contributed by atoms with Crippen LogP contribution in [0.5, 0.6) is 0 Å². The summed E-state index contributed by atoms with van der Waals surface area (Å²) in [5, 5.41) is 5.38. The van der Waals surface area contributed by atoms with Gasteiger partial charge in [-0.15, -0.1) is 0 Å². The first-order chi connectivity index (χ1) is 12.3. The largest absolute Gasteiger partial charge is 0.334 e. The lowest BCUT2D eigenvalue weighted by molar-refractivity contribution is 0.251. The predicted molar refractivity (Wildman–Crippen MR) is 99.2 cm³/mol. The van der Waals surface area contributed by atoms with Gasteiger partial charge < -0.3 is 10.6 Å². The van der Waals surface area contributed by atoms with Crippen LogP contribution in [0.1, 0.15) is 17.5 Å². The van der Waals surface area contributed by atoms with Gasteiger partial charge in [0, 0.05) is 18.8 Å². The summed E-state index contributed by atoms with van der Waals surface area (Å²) in [7, 11) is -3.36. The number of hydrogen-bond donors (Lipinski definition) is 2. The fourth-order valence-electron chi connectivity index (χ4n) is 2.92. The van der Waals surface area contributed by atoms with Crippen LogP contribution in [0.2, 0.25) is 0 Å². The van der Waals surface area contributed by atoms with Crippen molar-refractivity contribution in [2.45, 2.75) is 19.4 Å². The predicted octanol–water partition coefficient (Wildman–Crippen LogP) is 2.86. The van der Waals surface area contributed by atoms with E-state index in [4.69, 9.17) is 0 Å². The van der Waals surface area contributed by atoms with Gasteiger partial charge in [0.05, 0.1) is 11.9 Å². The number of nitrogens with zero attached hydrogens (tertiary/aromatic N) is 1. The molecule has 2 amide bonds. The first-order valence-corrected chi connectivity index (χ1v) is 10.1. The normalized spacial score (nSPS) is 13.8. The maximum atomic E-state index is 12.9. The van der Waals surface area contributed by atoms with Crippen LogP contribution in [0.4, 0.5) is 20.6 Å². The first kappa shape index (κ1) is 18.2. The molecule has 0 fully saturated rings. The van der Waals surface area contributed by atoms with Crippen LogP contribution in [0.15, 0.2) is 42.5 Å². The Morgan fingerprint density at radius 2 is 1.92 bits per heavy atom. The van der Waals surface area contributed by atoms with E-state index in [1.54, 1.807) is 24.3 Å². The number of carbonyl (C=O) groups excluding carboxylic acids is 1. The summed E-state index contributed by atoms with van der Waals surface area (Å²) in [5.74, 6) is -0.331. The zero-order valence-corrected chi connectivity index (χ0v) is 15.1. The Labute approximate surface area is 152 Å². The average molecular weight is 377 g/mol. The molecule has 0 aliphatic carbocycles. The average Bonchev–Trinajstić information content (AvgIpc) is 2.60. The van der Waals surface area contributed by atoms with E-state index in [9.17, 15) is 17.6 Å². The molecule has 0 unspecified atom stereocenters. The smallest absolute Gasteiger partial charge is 0.319 e. The third-order valence-electron chi connectivity index (χ3n) is 4.19. The number of benzene rings is 2. The van der Waals surface area contributed by atoms with Crippen LogP contribution < -0.4 is 14.9 Å². The van der Waals surface area contributed by atoms with Gasteiger partial charge in [0.15, 0.2) is 0 Å². The Bertz CT molecular complexity index is 914. The second-order valence-corrected chi connectivity index (χ2v) is 8.12. The number of anilines is 2. The van der Waals surface area contributed by atoms with Gasteiger partial charge in [0.25, 0.3) is 0 Å². The van der Waals surface area contributed by atoms with Crippen LogP contribution in [0.25, 0.3) is 0 Å². The van der Waals surface area contributed by atoms with Crippen molar-refractivity contribution in [3.8, 4) is 0 Å². The lowest BCUT2D eigenvalue weighted by Crippen LogP contribution is -2.34. The molecule has 0 bridgehead atoms. The number of sulfonamides is 1. The zero-order chi connectivity index (χ0) is 18.7. The minimum atomic E-state index is -3.36. The molecule has 1 aliphatic heterocycles. The van der Waals surface area contributed by atoms with Gasteiger partial charge in [-0.1, -0.05) is 18.2 Å². The molecule has 6 nitrogen and oxygen atoms in total. The zero-order valence-electron chi connectivity index (χ0n) is 14.3. The number of aryl methyl sites for hydroxylation is 1. The van der Waals surface area contributed by atoms with Crippen molar-refractivity contribution in [3.05, 3.63) is 59.4 Å². The molecule has 8 heteroatoms. The monoisotopic (exact) mass is 377 g/mol. The Hall–Kier alpha value is -2.61. The fourth-order valence-corrected chi connectivity index (χ4v) is 3.91. The molecule has 0 saturated heterocycles. The Morgan fingerprint density at radius 3 is 2.62 bits per heavy atom. The third kappa shape index (κ3) is 4.32. The third-order valence-corrected chi connectivity index (χ3v) is 5.37. The summed E-state index contributed by atoms with van der Waals surface area (Å²) in [5.41, 5.74) is 2.83. The van der Waals surface area contributed by atoms with E-state index in [1.807, 2.05) is 6.07 Å². The van der Waals surface area contributed by atoms with Crippen molar-refractivity contribution in [1.82, 2.24) is 5.32 Å². The molecule has 1 heterocycles. The van der Waals surface area contributed by atoms with Crippen molar-refractivity contribution in [3.63, 3.8) is 0 Å². The lowest BCUT2D eigenvalue weighted by Gasteiger charge is -2.29. The highest BCUT2D eigenvalue weighted by Crippen LogP contribution is 2.31. The van der Waals surface area contributed by atoms with Gasteiger partial charge in [-0.2, -0.15) is 0 Å². The molecule has 0 radical (unpaired) electrons. The van der Waals surface area contributed by atoms with Crippen molar-refractivity contribution < 1.29 is 17.6 Å². The summed E-state index contributed by atoms with van der Waals surface area (Å²) in [6, 6.07) is 10.7. The van der Waals surface area contributed by atoms with Gasteiger partial charge in [0.1, 0.15) is 5.82 Å². The minimum absolute atomic E-state index is 0.256. The van der Waals surface area contributed by atoms with Crippen molar-refractivity contribution in [2.75, 3.05) is 22.4 Å². The van der Waals surface area contributed by atoms with E-state index in [2.05, 4.69) is 10.6 Å². The molecule has 2 aromatic rings. The molecule has 2 N–H and O–H groups in total. The maximum absolute atomic E-state index is 12.9. The topological polar surface area (TPSA) is 78.5 Å². The van der Waals surface area contributed by atoms with Crippen molar-refractivity contribution in [2.24, 2.45) is 0 Å². The fraction of sp³-hybridized carbons (Fsp3) is 0.278. The number of nitrogens with one attached hydrogen (secondary N) is 2. The van der Waals surface area contributed by atoms with Crippen LogP contribution in [-0.2, 0) is 23.0 Å². The SMILES string of the molecule is CS(=O)(=O)N1CCCc2ccc(NC(=O)NCc3ccc(F)cc3)cc21. The van der Waals surface area contributed by atoms with E-state index >= 15 is 0 Å². The molecule has 3 rings (SSSR count). The highest BCUT2D eigenvalue weighted by molar-refractivity contribution is 7.92. The number of fused-ring (bicyclic) bond motifs is 1. The number of hydrogen-bond acceptors (Lipinski definition) is 3. The molecule has 0 atom stereocenters. The van der Waals surface area contributed by atoms with Crippen molar-refractivity contribution >= 4 is 27.4 Å². The first-order valence-electron chi connectivity index (χ1n) is 8.23. The Morgan fingerprint density at radius 1 is 1.19 bits per heavy atom. The van der Waals surface area contributed by atoms with Gasteiger partial charge in [-0.05, 0) is 48.2 Å². The van der Waals surface area contributed by atoms with E-state index in [-0.39, 0.29) is 12.4 Å². The summed E-state index contributed by atoms with van der Waals surface area (Å²) in [4.78, 5) is 12.1. The molecule has 0 aromatic heterocycles. The second-order valence-electron chi connectivity index (χ2n) is 6.22. The van der Waals surface area contributed by atoms with Crippen LogP contribution >= 0.6 is 0 Å².